The van der Waals surface area contributed by atoms with Crippen molar-refractivity contribution >= 4 is 17.3 Å². The highest BCUT2D eigenvalue weighted by atomic mass is 16.5. The van der Waals surface area contributed by atoms with Crippen LogP contribution < -0.4 is 19.7 Å². The second kappa shape index (κ2) is 5.47. The number of ether oxygens (including phenoxy) is 2. The Morgan fingerprint density at radius 1 is 1.19 bits per heavy atom. The molecule has 2 rings (SSSR count). The summed E-state index contributed by atoms with van der Waals surface area (Å²) in [5, 5.41) is 3.29. The average molecular weight is 292 g/mol. The van der Waals surface area contributed by atoms with Crippen LogP contribution in [0, 0.1) is 5.92 Å². The monoisotopic (exact) mass is 292 g/mol. The van der Waals surface area contributed by atoms with Crippen LogP contribution in [-0.4, -0.2) is 32.2 Å². The van der Waals surface area contributed by atoms with Crippen LogP contribution in [0.25, 0.3) is 0 Å². The van der Waals surface area contributed by atoms with Gasteiger partial charge in [0.2, 0.25) is 0 Å². The number of nitrogens with one attached hydrogen (secondary N) is 1. The van der Waals surface area contributed by atoms with Gasteiger partial charge in [0, 0.05) is 18.7 Å². The summed E-state index contributed by atoms with van der Waals surface area (Å²) in [7, 11) is 3.20. The molecule has 1 heterocycles. The van der Waals surface area contributed by atoms with Crippen LogP contribution in [0.15, 0.2) is 12.1 Å². The van der Waals surface area contributed by atoms with Crippen molar-refractivity contribution in [2.24, 2.45) is 5.92 Å². The van der Waals surface area contributed by atoms with Gasteiger partial charge in [-0.05, 0) is 19.8 Å². The maximum atomic E-state index is 12.7. The van der Waals surface area contributed by atoms with E-state index in [1.165, 1.54) is 0 Å². The quantitative estimate of drug-likeness (QED) is 0.927. The second-order valence-corrected chi connectivity index (χ2v) is 6.28. The zero-order valence-corrected chi connectivity index (χ0v) is 13.6. The van der Waals surface area contributed by atoms with Crippen molar-refractivity contribution in [3.05, 3.63) is 12.1 Å². The summed E-state index contributed by atoms with van der Waals surface area (Å²) in [5.41, 5.74) is 1.09. The normalized spacial score (nSPS) is 16.5. The zero-order valence-electron chi connectivity index (χ0n) is 13.6. The molecule has 5 nitrogen and oxygen atoms in total. The number of benzene rings is 1. The molecule has 0 aliphatic carbocycles. The molecule has 0 spiro atoms. The van der Waals surface area contributed by atoms with Crippen molar-refractivity contribution in [2.45, 2.75) is 33.2 Å². The van der Waals surface area contributed by atoms with E-state index in [4.69, 9.17) is 9.47 Å². The largest absolute Gasteiger partial charge is 0.493 e. The average Bonchev–Trinajstić information content (AvgIpc) is 2.42. The summed E-state index contributed by atoms with van der Waals surface area (Å²) in [6, 6.07) is 3.74. The lowest BCUT2D eigenvalue weighted by atomic mass is 9.96. The number of hydrogen-bond donors (Lipinski definition) is 1. The first-order valence-corrected chi connectivity index (χ1v) is 7.16. The van der Waals surface area contributed by atoms with E-state index < -0.39 is 5.54 Å². The van der Waals surface area contributed by atoms with Gasteiger partial charge in [0.05, 0.1) is 25.6 Å². The van der Waals surface area contributed by atoms with Crippen molar-refractivity contribution in [3.8, 4) is 11.5 Å². The molecule has 0 bridgehead atoms. The third-order valence-electron chi connectivity index (χ3n) is 3.57. The summed E-state index contributed by atoms with van der Waals surface area (Å²) in [5.74, 6) is 1.72. The molecular formula is C16H24N2O3. The van der Waals surface area contributed by atoms with Gasteiger partial charge < -0.3 is 19.7 Å². The highest BCUT2D eigenvalue weighted by Crippen LogP contribution is 2.43. The predicted molar refractivity (Wildman–Crippen MR) is 84.4 cm³/mol. The molecule has 1 aliphatic heterocycles. The highest BCUT2D eigenvalue weighted by Gasteiger charge is 2.39. The van der Waals surface area contributed by atoms with Crippen LogP contribution in [0.3, 0.4) is 0 Å². The lowest BCUT2D eigenvalue weighted by Gasteiger charge is -2.41. The van der Waals surface area contributed by atoms with Crippen molar-refractivity contribution in [3.63, 3.8) is 0 Å². The van der Waals surface area contributed by atoms with E-state index in [0.29, 0.717) is 24.0 Å². The Labute approximate surface area is 126 Å². The molecule has 0 aromatic heterocycles. The summed E-state index contributed by atoms with van der Waals surface area (Å²) in [6.07, 6.45) is 0. The zero-order chi connectivity index (χ0) is 15.8. The molecule has 116 valence electrons. The molecule has 1 N–H and O–H groups in total. The number of amides is 1. The first-order chi connectivity index (χ1) is 9.80. The van der Waals surface area contributed by atoms with Crippen LogP contribution in [0.5, 0.6) is 11.5 Å². The summed E-state index contributed by atoms with van der Waals surface area (Å²) in [4.78, 5) is 14.5. The van der Waals surface area contributed by atoms with E-state index >= 15 is 0 Å². The number of carbonyl (C=O) groups is 1. The molecule has 0 radical (unpaired) electrons. The lowest BCUT2D eigenvalue weighted by molar-refractivity contribution is -0.122. The molecule has 1 aliphatic rings. The minimum absolute atomic E-state index is 0.0657. The van der Waals surface area contributed by atoms with Crippen molar-refractivity contribution in [1.29, 1.82) is 0 Å². The predicted octanol–water partition coefficient (Wildman–Crippen LogP) is 2.90. The Morgan fingerprint density at radius 2 is 1.76 bits per heavy atom. The Kier molecular flexibility index (Phi) is 4.03. The molecule has 0 fully saturated rings. The van der Waals surface area contributed by atoms with Crippen LogP contribution in [-0.2, 0) is 4.79 Å². The third-order valence-corrected chi connectivity index (χ3v) is 3.57. The van der Waals surface area contributed by atoms with E-state index in [9.17, 15) is 4.79 Å². The second-order valence-electron chi connectivity index (χ2n) is 6.28. The van der Waals surface area contributed by atoms with Crippen LogP contribution in [0.2, 0.25) is 0 Å². The minimum atomic E-state index is -0.637. The SMILES string of the molecule is COc1cc2c(cc1OC)N(CC(C)C)C(=O)C(C)(C)N2. The summed E-state index contributed by atoms with van der Waals surface area (Å²) < 4.78 is 10.7. The van der Waals surface area contributed by atoms with E-state index in [1.54, 1.807) is 14.2 Å². The number of anilines is 2. The first-order valence-electron chi connectivity index (χ1n) is 7.16. The smallest absolute Gasteiger partial charge is 0.252 e. The number of hydrogen-bond acceptors (Lipinski definition) is 4. The summed E-state index contributed by atoms with van der Waals surface area (Å²) >= 11 is 0. The van der Waals surface area contributed by atoms with Gasteiger partial charge in [0.1, 0.15) is 5.54 Å². The van der Waals surface area contributed by atoms with Gasteiger partial charge in [-0.2, -0.15) is 0 Å². The molecule has 0 saturated carbocycles. The van der Waals surface area contributed by atoms with Crippen molar-refractivity contribution < 1.29 is 14.3 Å². The maximum Gasteiger partial charge on any atom is 0.252 e. The van der Waals surface area contributed by atoms with Crippen LogP contribution in [0.1, 0.15) is 27.7 Å². The van der Waals surface area contributed by atoms with Gasteiger partial charge in [-0.1, -0.05) is 13.8 Å². The van der Waals surface area contributed by atoms with E-state index in [-0.39, 0.29) is 5.91 Å². The third kappa shape index (κ3) is 2.77. The van der Waals surface area contributed by atoms with E-state index in [1.807, 2.05) is 30.9 Å². The number of carbonyl (C=O) groups excluding carboxylic acids is 1. The Morgan fingerprint density at radius 3 is 2.29 bits per heavy atom. The van der Waals surface area contributed by atoms with Crippen molar-refractivity contribution in [2.75, 3.05) is 31.0 Å². The fourth-order valence-corrected chi connectivity index (χ4v) is 2.58. The highest BCUT2D eigenvalue weighted by molar-refractivity contribution is 6.07. The van der Waals surface area contributed by atoms with Gasteiger partial charge in [0.15, 0.2) is 11.5 Å². The van der Waals surface area contributed by atoms with Crippen LogP contribution >= 0.6 is 0 Å². The number of rotatable bonds is 4. The van der Waals surface area contributed by atoms with Gasteiger partial charge in [0.25, 0.3) is 5.91 Å². The molecule has 0 saturated heterocycles. The Hall–Kier alpha value is -1.91. The molecule has 0 atom stereocenters. The standard InChI is InChI=1S/C16H24N2O3/c1-10(2)9-18-12-8-14(21-6)13(20-5)7-11(12)17-16(3,4)15(18)19/h7-8,10,17H,9H2,1-6H3. The van der Waals surface area contributed by atoms with Crippen LogP contribution in [0.4, 0.5) is 11.4 Å². The molecule has 1 aromatic carbocycles. The molecule has 1 amide bonds. The summed E-state index contributed by atoms with van der Waals surface area (Å²) in [6.45, 7) is 8.66. The van der Waals surface area contributed by atoms with Gasteiger partial charge in [-0.25, -0.2) is 0 Å². The van der Waals surface area contributed by atoms with Gasteiger partial charge in [-0.15, -0.1) is 0 Å². The van der Waals surface area contributed by atoms with Gasteiger partial charge >= 0.3 is 0 Å². The number of methoxy groups -OCH3 is 2. The maximum absolute atomic E-state index is 12.7. The number of nitrogens with zero attached hydrogens (tertiary/aromatic N) is 1. The fraction of sp³-hybridized carbons (Fsp3) is 0.562. The molecule has 0 unspecified atom stereocenters. The van der Waals surface area contributed by atoms with E-state index in [2.05, 4.69) is 19.2 Å². The minimum Gasteiger partial charge on any atom is -0.493 e. The molecule has 1 aromatic rings. The molecule has 5 heteroatoms. The van der Waals surface area contributed by atoms with Crippen molar-refractivity contribution in [1.82, 2.24) is 0 Å². The number of fused-ring (bicyclic) bond motifs is 1. The molecular weight excluding hydrogens is 268 g/mol. The van der Waals surface area contributed by atoms with Gasteiger partial charge in [-0.3, -0.25) is 4.79 Å². The Bertz CT molecular complexity index is 553. The fourth-order valence-electron chi connectivity index (χ4n) is 2.58. The first kappa shape index (κ1) is 15.5. The van der Waals surface area contributed by atoms with E-state index in [0.717, 1.165) is 11.4 Å². The topological polar surface area (TPSA) is 50.8 Å². The Balaban J connectivity index is 2.57. The molecule has 21 heavy (non-hydrogen) atoms. The lowest BCUT2D eigenvalue weighted by Crippen LogP contribution is -2.54.